The minimum Gasteiger partial charge on any atom is -1.00 e. The molecule has 0 nitrogen and oxygen atoms in total. The van der Waals surface area contributed by atoms with Gasteiger partial charge < -0.3 is 12.4 Å². The molecule has 0 saturated heterocycles. The van der Waals surface area contributed by atoms with E-state index < -0.39 is 23.5 Å². The van der Waals surface area contributed by atoms with E-state index in [1.54, 1.807) is 0 Å². The summed E-state index contributed by atoms with van der Waals surface area (Å²) < 4.78 is 74.4. The molecule has 120 valence electrons. The van der Waals surface area contributed by atoms with Crippen molar-refractivity contribution in [3.63, 3.8) is 0 Å². The molecule has 0 fully saturated rings. The Morgan fingerprint density at radius 2 is 0.818 bits per heavy atom. The third-order valence-electron chi connectivity index (χ3n) is 2.71. The molecule has 0 saturated carbocycles. The number of hydrogen-bond acceptors (Lipinski definition) is 0. The molecule has 2 aromatic carbocycles. The Balaban J connectivity index is 0.00000242. The van der Waals surface area contributed by atoms with Crippen molar-refractivity contribution < 1.29 is 38.7 Å². The Morgan fingerprint density at radius 3 is 1.05 bits per heavy atom. The average Bonchev–Trinajstić information content (AvgIpc) is 2.38. The van der Waals surface area contributed by atoms with Crippen LogP contribution in [0.4, 0.5) is 26.3 Å². The number of benzene rings is 2. The summed E-state index contributed by atoms with van der Waals surface area (Å²) in [6.45, 7) is 0. The van der Waals surface area contributed by atoms with E-state index in [4.69, 9.17) is 0 Å². The molecule has 0 spiro atoms. The second-order valence-electron chi connectivity index (χ2n) is 4.28. The fourth-order valence-corrected chi connectivity index (χ4v) is 2.65. The van der Waals surface area contributed by atoms with E-state index in [0.717, 1.165) is 24.3 Å². The molecule has 8 heteroatoms. The van der Waals surface area contributed by atoms with Crippen LogP contribution >= 0.6 is 8.58 Å². The van der Waals surface area contributed by atoms with Gasteiger partial charge in [-0.05, 0) is 34.9 Å². The highest BCUT2D eigenvalue weighted by atomic mass is 35.5. The second kappa shape index (κ2) is 6.88. The Kier molecular flexibility index (Phi) is 5.88. The summed E-state index contributed by atoms with van der Waals surface area (Å²) in [6, 6.07) is 9.19. The Bertz CT molecular complexity index is 546. The Morgan fingerprint density at radius 1 is 0.545 bits per heavy atom. The molecule has 22 heavy (non-hydrogen) atoms. The van der Waals surface area contributed by atoms with Gasteiger partial charge in [-0.15, -0.1) is 0 Å². The van der Waals surface area contributed by atoms with E-state index in [1.807, 2.05) is 0 Å². The highest BCUT2D eigenvalue weighted by molar-refractivity contribution is 7.55. The van der Waals surface area contributed by atoms with E-state index in [0.29, 0.717) is 10.6 Å². The summed E-state index contributed by atoms with van der Waals surface area (Å²) in [7, 11) is 0.00159. The molecule has 2 rings (SSSR count). The third kappa shape index (κ3) is 4.89. The molecule has 0 N–H and O–H groups in total. The molecular weight excluding hydrogens is 349 g/mol. The highest BCUT2D eigenvalue weighted by Crippen LogP contribution is 2.30. The second-order valence-corrected chi connectivity index (χ2v) is 5.68. The van der Waals surface area contributed by atoms with Gasteiger partial charge in [0.15, 0.2) is 0 Å². The number of halogens is 7. The normalized spacial score (nSPS) is 11.9. The maximum absolute atomic E-state index is 12.4. The van der Waals surface area contributed by atoms with E-state index in [-0.39, 0.29) is 21.0 Å². The van der Waals surface area contributed by atoms with Crippen LogP contribution in [0.2, 0.25) is 0 Å². The lowest BCUT2D eigenvalue weighted by atomic mass is 10.2. The topological polar surface area (TPSA) is 0 Å². The van der Waals surface area contributed by atoms with Crippen molar-refractivity contribution in [2.24, 2.45) is 0 Å². The number of rotatable bonds is 2. The van der Waals surface area contributed by atoms with Crippen molar-refractivity contribution in [2.75, 3.05) is 0 Å². The van der Waals surface area contributed by atoms with Gasteiger partial charge in [0.1, 0.15) is 0 Å². The van der Waals surface area contributed by atoms with Gasteiger partial charge in [0.05, 0.1) is 11.1 Å². The van der Waals surface area contributed by atoms with Crippen molar-refractivity contribution in [1.82, 2.24) is 0 Å². The molecule has 0 radical (unpaired) electrons. The molecule has 0 aliphatic heterocycles. The molecule has 0 aromatic heterocycles. The van der Waals surface area contributed by atoms with Crippen LogP contribution in [0, 0.1) is 0 Å². The van der Waals surface area contributed by atoms with Crippen molar-refractivity contribution in [3.05, 3.63) is 59.7 Å². The third-order valence-corrected chi connectivity index (χ3v) is 3.96. The lowest BCUT2D eigenvalue weighted by Gasteiger charge is -2.09. The first-order valence-electron chi connectivity index (χ1n) is 5.78. The van der Waals surface area contributed by atoms with Crippen LogP contribution in [-0.2, 0) is 12.4 Å². The monoisotopic (exact) mass is 357 g/mol. The maximum Gasteiger partial charge on any atom is 0.416 e. The molecular formula is C14H9ClF6P-. The van der Waals surface area contributed by atoms with Crippen LogP contribution in [0.15, 0.2) is 48.5 Å². The quantitative estimate of drug-likeness (QED) is 0.562. The first-order valence-corrected chi connectivity index (χ1v) is 6.78. The predicted octanol–water partition coefficient (Wildman–Crippen LogP) is 1.36. The summed E-state index contributed by atoms with van der Waals surface area (Å²) >= 11 is 0. The highest BCUT2D eigenvalue weighted by Gasteiger charge is 2.30. The molecule has 0 heterocycles. The summed E-state index contributed by atoms with van der Waals surface area (Å²) in [4.78, 5) is 0. The summed E-state index contributed by atoms with van der Waals surface area (Å²) in [5, 5.41) is 1.26. The van der Waals surface area contributed by atoms with Crippen LogP contribution in [0.1, 0.15) is 11.1 Å². The predicted molar refractivity (Wildman–Crippen MR) is 70.5 cm³/mol. The molecule has 0 aliphatic rings. The fraction of sp³-hybridized carbons (Fsp3) is 0.143. The zero-order valence-corrected chi connectivity index (χ0v) is 12.5. The largest absolute Gasteiger partial charge is 1.00 e. The van der Waals surface area contributed by atoms with Gasteiger partial charge >= 0.3 is 12.4 Å². The van der Waals surface area contributed by atoms with Gasteiger partial charge in [0, 0.05) is 0 Å². The SMILES string of the molecule is FC(F)(F)c1ccc(Pc2ccc(C(F)(F)F)cc2)cc1.[Cl-]. The van der Waals surface area contributed by atoms with Crippen LogP contribution in [0.25, 0.3) is 0 Å². The first-order chi connectivity index (χ1) is 9.66. The van der Waals surface area contributed by atoms with Crippen molar-refractivity contribution in [3.8, 4) is 0 Å². The molecule has 0 bridgehead atoms. The fourth-order valence-electron chi connectivity index (χ4n) is 1.65. The van der Waals surface area contributed by atoms with Gasteiger partial charge in [-0.2, -0.15) is 26.3 Å². The zero-order chi connectivity index (χ0) is 15.7. The van der Waals surface area contributed by atoms with Crippen molar-refractivity contribution >= 4 is 19.2 Å². The molecule has 0 aliphatic carbocycles. The average molecular weight is 358 g/mol. The van der Waals surface area contributed by atoms with E-state index >= 15 is 0 Å². The molecule has 0 atom stereocenters. The minimum atomic E-state index is -4.39. The van der Waals surface area contributed by atoms with Gasteiger partial charge in [0.25, 0.3) is 0 Å². The van der Waals surface area contributed by atoms with Gasteiger partial charge in [-0.1, -0.05) is 32.8 Å². The van der Waals surface area contributed by atoms with Gasteiger partial charge in [-0.3, -0.25) is 0 Å². The van der Waals surface area contributed by atoms with Gasteiger partial charge in [0.2, 0.25) is 0 Å². The number of alkyl halides is 6. The van der Waals surface area contributed by atoms with Crippen LogP contribution in [0.3, 0.4) is 0 Å². The smallest absolute Gasteiger partial charge is 0.416 e. The maximum atomic E-state index is 12.4. The zero-order valence-electron chi connectivity index (χ0n) is 10.8. The summed E-state index contributed by atoms with van der Waals surface area (Å²) in [6.07, 6.45) is -8.79. The summed E-state index contributed by atoms with van der Waals surface area (Å²) in [5.74, 6) is 0. The van der Waals surface area contributed by atoms with Crippen molar-refractivity contribution in [1.29, 1.82) is 0 Å². The van der Waals surface area contributed by atoms with E-state index in [2.05, 4.69) is 0 Å². The number of hydrogen-bond donors (Lipinski definition) is 0. The Labute approximate surface area is 130 Å². The molecule has 0 unspecified atom stereocenters. The molecule has 2 aromatic rings. The van der Waals surface area contributed by atoms with Crippen molar-refractivity contribution in [2.45, 2.75) is 12.4 Å². The van der Waals surface area contributed by atoms with Gasteiger partial charge in [-0.25, -0.2) is 0 Å². The lowest BCUT2D eigenvalue weighted by Crippen LogP contribution is -3.00. The Hall–Kier alpha value is -1.26. The first kappa shape index (κ1) is 18.8. The van der Waals surface area contributed by atoms with Crippen LogP contribution < -0.4 is 23.0 Å². The summed E-state index contributed by atoms with van der Waals surface area (Å²) in [5.41, 5.74) is -1.49. The standard InChI is InChI=1S/C14H9F6P.ClH/c15-13(16,17)9-1-5-11(6-2-9)21-12-7-3-10(4-8-12)14(18,19)20;/h1-8,21H;1H/p-1. The van der Waals surface area contributed by atoms with Crippen LogP contribution in [0.5, 0.6) is 0 Å². The van der Waals surface area contributed by atoms with E-state index in [9.17, 15) is 26.3 Å². The molecule has 0 amide bonds. The van der Waals surface area contributed by atoms with E-state index in [1.165, 1.54) is 24.3 Å². The van der Waals surface area contributed by atoms with Crippen LogP contribution in [-0.4, -0.2) is 0 Å². The minimum absolute atomic E-state index is 0. The lowest BCUT2D eigenvalue weighted by molar-refractivity contribution is -0.138.